The van der Waals surface area contributed by atoms with Gasteiger partial charge in [0.15, 0.2) is 5.69 Å². The fraction of sp³-hybridized carbons (Fsp3) is 0.154. The van der Waals surface area contributed by atoms with Gasteiger partial charge in [-0.2, -0.15) is 9.50 Å². The van der Waals surface area contributed by atoms with Gasteiger partial charge in [0.1, 0.15) is 5.82 Å². The Bertz CT molecular complexity index is 763. The van der Waals surface area contributed by atoms with Gasteiger partial charge >= 0.3 is 0 Å². The summed E-state index contributed by atoms with van der Waals surface area (Å²) < 4.78 is 1.54. The number of hydrogen-bond acceptors (Lipinski definition) is 5. The highest BCUT2D eigenvalue weighted by atomic mass is 16.1. The first-order valence-corrected chi connectivity index (χ1v) is 5.83. The molecule has 19 heavy (non-hydrogen) atoms. The van der Waals surface area contributed by atoms with Crippen LogP contribution in [0.2, 0.25) is 0 Å². The van der Waals surface area contributed by atoms with E-state index in [1.807, 2.05) is 18.2 Å². The summed E-state index contributed by atoms with van der Waals surface area (Å²) in [7, 11) is 0. The quantitative estimate of drug-likeness (QED) is 0.645. The lowest BCUT2D eigenvalue weighted by molar-refractivity contribution is 0.103. The lowest BCUT2D eigenvalue weighted by Gasteiger charge is -2.04. The molecular formula is C13H11N5O. The summed E-state index contributed by atoms with van der Waals surface area (Å²) in [6.07, 6.45) is 0. The highest BCUT2D eigenvalue weighted by Gasteiger charge is 2.17. The fourth-order valence-electron chi connectivity index (χ4n) is 1.90. The molecule has 0 aliphatic rings. The van der Waals surface area contributed by atoms with Crippen LogP contribution in [-0.2, 0) is 0 Å². The van der Waals surface area contributed by atoms with E-state index in [-0.39, 0.29) is 5.78 Å². The Morgan fingerprint density at radius 3 is 2.58 bits per heavy atom. The highest BCUT2D eigenvalue weighted by molar-refractivity contribution is 6.08. The zero-order valence-electron chi connectivity index (χ0n) is 10.5. The topological polar surface area (TPSA) is 73.0 Å². The fourth-order valence-corrected chi connectivity index (χ4v) is 1.90. The maximum Gasteiger partial charge on any atom is 0.272 e. The number of benzene rings is 1. The molecule has 2 aromatic heterocycles. The van der Waals surface area contributed by atoms with E-state index in [9.17, 15) is 4.79 Å². The van der Waals surface area contributed by atoms with Crippen molar-refractivity contribution >= 4 is 11.6 Å². The molecule has 0 aliphatic carbocycles. The van der Waals surface area contributed by atoms with Gasteiger partial charge in [-0.1, -0.05) is 30.3 Å². The Morgan fingerprint density at radius 1 is 1.11 bits per heavy atom. The molecule has 0 amide bonds. The summed E-state index contributed by atoms with van der Waals surface area (Å²) in [6, 6.07) is 8.99. The molecule has 6 heteroatoms. The second-order valence-electron chi connectivity index (χ2n) is 4.20. The first-order chi connectivity index (χ1) is 9.16. The van der Waals surface area contributed by atoms with Crippen molar-refractivity contribution in [1.82, 2.24) is 24.8 Å². The molecule has 0 spiro atoms. The summed E-state index contributed by atoms with van der Waals surface area (Å²) in [5, 5.41) is 12.1. The molecule has 0 saturated carbocycles. The summed E-state index contributed by atoms with van der Waals surface area (Å²) >= 11 is 0. The second-order valence-corrected chi connectivity index (χ2v) is 4.20. The Balaban J connectivity index is 2.15. The third kappa shape index (κ3) is 1.87. The van der Waals surface area contributed by atoms with Crippen molar-refractivity contribution in [2.75, 3.05) is 0 Å². The molecule has 0 bridgehead atoms. The van der Waals surface area contributed by atoms with Gasteiger partial charge in [-0.25, -0.2) is 0 Å². The molecule has 1 aromatic carbocycles. The van der Waals surface area contributed by atoms with Crippen LogP contribution in [0.1, 0.15) is 27.6 Å². The van der Waals surface area contributed by atoms with E-state index in [1.165, 1.54) is 0 Å². The molecule has 0 atom stereocenters. The van der Waals surface area contributed by atoms with Crippen LogP contribution in [0.15, 0.2) is 30.3 Å². The molecule has 3 aromatic rings. The number of carbonyl (C=O) groups excluding carboxylic acids is 1. The Kier molecular flexibility index (Phi) is 2.56. The highest BCUT2D eigenvalue weighted by Crippen LogP contribution is 2.11. The van der Waals surface area contributed by atoms with E-state index in [1.54, 1.807) is 30.5 Å². The Labute approximate surface area is 109 Å². The molecular weight excluding hydrogens is 242 g/mol. The number of ketones is 1. The normalized spacial score (nSPS) is 10.8. The average molecular weight is 253 g/mol. The zero-order chi connectivity index (χ0) is 13.4. The van der Waals surface area contributed by atoms with E-state index >= 15 is 0 Å². The minimum absolute atomic E-state index is 0.166. The second kappa shape index (κ2) is 4.24. The lowest BCUT2D eigenvalue weighted by Crippen LogP contribution is -2.12. The van der Waals surface area contributed by atoms with Crippen LogP contribution < -0.4 is 0 Å². The molecule has 0 unspecified atom stereocenters. The molecule has 0 saturated heterocycles. The van der Waals surface area contributed by atoms with Crippen molar-refractivity contribution in [3.63, 3.8) is 0 Å². The summed E-state index contributed by atoms with van der Waals surface area (Å²) in [5.74, 6) is 0.835. The maximum atomic E-state index is 12.4. The van der Waals surface area contributed by atoms with Gasteiger partial charge in [0.05, 0.1) is 5.69 Å². The maximum absolute atomic E-state index is 12.4. The van der Waals surface area contributed by atoms with E-state index in [0.717, 1.165) is 0 Å². The van der Waals surface area contributed by atoms with Crippen LogP contribution in [0.4, 0.5) is 0 Å². The van der Waals surface area contributed by atoms with Crippen LogP contribution in [0.5, 0.6) is 0 Å². The number of fused-ring (bicyclic) bond motifs is 1. The molecule has 0 N–H and O–H groups in total. The van der Waals surface area contributed by atoms with Crippen molar-refractivity contribution in [3.8, 4) is 0 Å². The van der Waals surface area contributed by atoms with Crippen molar-refractivity contribution in [3.05, 3.63) is 53.1 Å². The predicted octanol–water partition coefficient (Wildman–Crippen LogP) is 1.37. The molecule has 0 aliphatic heterocycles. The van der Waals surface area contributed by atoms with Crippen molar-refractivity contribution in [1.29, 1.82) is 0 Å². The Hall–Kier alpha value is -2.63. The van der Waals surface area contributed by atoms with E-state index in [4.69, 9.17) is 0 Å². The standard InChI is InChI=1S/C13H11N5O/c1-8-11(12(19)10-6-4-3-5-7-10)15-16-13-14-9(2)17-18(8)13/h3-7H,1-2H3. The zero-order valence-corrected chi connectivity index (χ0v) is 10.5. The molecule has 2 heterocycles. The summed E-state index contributed by atoms with van der Waals surface area (Å²) in [6.45, 7) is 3.55. The van der Waals surface area contributed by atoms with Gasteiger partial charge in [-0.05, 0) is 13.8 Å². The first-order valence-electron chi connectivity index (χ1n) is 5.83. The average Bonchev–Trinajstić information content (AvgIpc) is 2.81. The van der Waals surface area contributed by atoms with Gasteiger partial charge in [0.2, 0.25) is 5.78 Å². The molecule has 94 valence electrons. The molecule has 6 nitrogen and oxygen atoms in total. The van der Waals surface area contributed by atoms with Crippen LogP contribution in [-0.4, -0.2) is 30.6 Å². The number of aromatic nitrogens is 5. The number of aryl methyl sites for hydroxylation is 2. The van der Waals surface area contributed by atoms with Gasteiger partial charge in [0.25, 0.3) is 5.78 Å². The number of rotatable bonds is 2. The largest absolute Gasteiger partial charge is 0.287 e. The Morgan fingerprint density at radius 2 is 1.84 bits per heavy atom. The first kappa shape index (κ1) is 11.5. The number of carbonyl (C=O) groups is 1. The van der Waals surface area contributed by atoms with Crippen molar-refractivity contribution in [2.45, 2.75) is 13.8 Å². The van der Waals surface area contributed by atoms with Crippen molar-refractivity contribution in [2.24, 2.45) is 0 Å². The monoisotopic (exact) mass is 253 g/mol. The minimum atomic E-state index is -0.166. The molecule has 3 rings (SSSR count). The van der Waals surface area contributed by atoms with Gasteiger partial charge in [0, 0.05) is 5.56 Å². The SMILES string of the molecule is Cc1nc2nnc(C(=O)c3ccccc3)c(C)n2n1. The van der Waals surface area contributed by atoms with E-state index in [2.05, 4.69) is 20.3 Å². The lowest BCUT2D eigenvalue weighted by atomic mass is 10.1. The predicted molar refractivity (Wildman–Crippen MR) is 67.9 cm³/mol. The van der Waals surface area contributed by atoms with Crippen LogP contribution in [0.25, 0.3) is 5.78 Å². The van der Waals surface area contributed by atoms with Crippen LogP contribution >= 0.6 is 0 Å². The summed E-state index contributed by atoms with van der Waals surface area (Å²) in [5.41, 5.74) is 1.51. The van der Waals surface area contributed by atoms with E-state index in [0.29, 0.717) is 28.6 Å². The molecule has 0 radical (unpaired) electrons. The van der Waals surface area contributed by atoms with Crippen LogP contribution in [0, 0.1) is 13.8 Å². The smallest absolute Gasteiger partial charge is 0.272 e. The van der Waals surface area contributed by atoms with E-state index < -0.39 is 0 Å². The number of hydrogen-bond donors (Lipinski definition) is 0. The number of nitrogens with zero attached hydrogens (tertiary/aromatic N) is 5. The third-order valence-corrected chi connectivity index (χ3v) is 2.85. The van der Waals surface area contributed by atoms with Crippen molar-refractivity contribution < 1.29 is 4.79 Å². The van der Waals surface area contributed by atoms with Crippen LogP contribution in [0.3, 0.4) is 0 Å². The van der Waals surface area contributed by atoms with Gasteiger partial charge < -0.3 is 0 Å². The summed E-state index contributed by atoms with van der Waals surface area (Å²) in [4.78, 5) is 16.5. The minimum Gasteiger partial charge on any atom is -0.287 e. The van der Waals surface area contributed by atoms with Gasteiger partial charge in [-0.15, -0.1) is 15.3 Å². The third-order valence-electron chi connectivity index (χ3n) is 2.85. The van der Waals surface area contributed by atoms with Gasteiger partial charge in [-0.3, -0.25) is 4.79 Å². The molecule has 0 fully saturated rings.